The third kappa shape index (κ3) is 4.47. The third-order valence-corrected chi connectivity index (χ3v) is 4.51. The van der Waals surface area contributed by atoms with Gasteiger partial charge in [-0.3, -0.25) is 4.90 Å². The number of furan rings is 1. The zero-order valence-corrected chi connectivity index (χ0v) is 14.7. The van der Waals surface area contributed by atoms with Crippen molar-refractivity contribution in [2.75, 3.05) is 33.4 Å². The second-order valence-electron chi connectivity index (χ2n) is 6.43. The molecule has 1 saturated heterocycles. The average molecular weight is 329 g/mol. The monoisotopic (exact) mass is 329 g/mol. The van der Waals surface area contributed by atoms with E-state index < -0.39 is 0 Å². The number of benzene rings is 1. The quantitative estimate of drug-likeness (QED) is 0.736. The van der Waals surface area contributed by atoms with Crippen molar-refractivity contribution in [3.8, 4) is 11.3 Å². The second-order valence-corrected chi connectivity index (χ2v) is 6.43. The summed E-state index contributed by atoms with van der Waals surface area (Å²) in [4.78, 5) is 2.42. The Morgan fingerprint density at radius 2 is 2.08 bits per heavy atom. The molecule has 1 fully saturated rings. The van der Waals surface area contributed by atoms with Gasteiger partial charge in [-0.25, -0.2) is 0 Å². The van der Waals surface area contributed by atoms with Crippen LogP contribution in [0.15, 0.2) is 40.8 Å². The number of rotatable bonds is 8. The number of aryl methyl sites for hydroxylation is 1. The first-order valence-electron chi connectivity index (χ1n) is 8.74. The maximum Gasteiger partial charge on any atom is 0.134 e. The Bertz CT molecular complexity index is 631. The minimum atomic E-state index is 0.347. The van der Waals surface area contributed by atoms with Gasteiger partial charge in [-0.1, -0.05) is 24.3 Å². The maximum atomic E-state index is 5.84. The Morgan fingerprint density at radius 3 is 2.79 bits per heavy atom. The average Bonchev–Trinajstić information content (AvgIpc) is 3.25. The molecule has 1 aliphatic rings. The van der Waals surface area contributed by atoms with Crippen molar-refractivity contribution >= 4 is 0 Å². The van der Waals surface area contributed by atoms with Crippen molar-refractivity contribution in [2.24, 2.45) is 0 Å². The first kappa shape index (κ1) is 17.2. The number of hydrogen-bond acceptors (Lipinski definition) is 4. The van der Waals surface area contributed by atoms with E-state index in [-0.39, 0.29) is 0 Å². The molecule has 130 valence electrons. The zero-order chi connectivity index (χ0) is 16.8. The van der Waals surface area contributed by atoms with Gasteiger partial charge in [0, 0.05) is 38.9 Å². The highest BCUT2D eigenvalue weighted by molar-refractivity contribution is 5.62. The van der Waals surface area contributed by atoms with E-state index in [1.54, 1.807) is 7.11 Å². The molecule has 4 nitrogen and oxygen atoms in total. The maximum absolute atomic E-state index is 5.84. The first-order chi connectivity index (χ1) is 11.8. The largest absolute Gasteiger partial charge is 0.461 e. The van der Waals surface area contributed by atoms with E-state index in [0.717, 1.165) is 50.8 Å². The van der Waals surface area contributed by atoms with Crippen molar-refractivity contribution in [2.45, 2.75) is 32.4 Å². The molecule has 0 amide bonds. The van der Waals surface area contributed by atoms with E-state index in [1.165, 1.54) is 17.5 Å². The van der Waals surface area contributed by atoms with Crippen LogP contribution in [0.4, 0.5) is 0 Å². The molecule has 2 aromatic rings. The van der Waals surface area contributed by atoms with E-state index in [1.807, 2.05) is 19.1 Å². The van der Waals surface area contributed by atoms with E-state index >= 15 is 0 Å². The van der Waals surface area contributed by atoms with E-state index in [0.29, 0.717) is 6.10 Å². The molecule has 0 bridgehead atoms. The molecule has 0 N–H and O–H groups in total. The Hall–Kier alpha value is -1.62. The van der Waals surface area contributed by atoms with Gasteiger partial charge < -0.3 is 13.9 Å². The summed E-state index contributed by atoms with van der Waals surface area (Å²) < 4.78 is 16.9. The van der Waals surface area contributed by atoms with Gasteiger partial charge in [0.15, 0.2) is 0 Å². The fraction of sp³-hybridized carbons (Fsp3) is 0.500. The van der Waals surface area contributed by atoms with Crippen molar-refractivity contribution in [1.29, 1.82) is 0 Å². The summed E-state index contributed by atoms with van der Waals surface area (Å²) >= 11 is 0. The first-order valence-corrected chi connectivity index (χ1v) is 8.74. The highest BCUT2D eigenvalue weighted by atomic mass is 16.5. The van der Waals surface area contributed by atoms with Crippen LogP contribution in [-0.2, 0) is 16.0 Å². The summed E-state index contributed by atoms with van der Waals surface area (Å²) in [6.45, 7) is 6.34. The van der Waals surface area contributed by atoms with Gasteiger partial charge in [0.05, 0.1) is 12.7 Å². The summed E-state index contributed by atoms with van der Waals surface area (Å²) in [6.07, 6.45) is 2.67. The Morgan fingerprint density at radius 1 is 1.21 bits per heavy atom. The Labute approximate surface area is 144 Å². The van der Waals surface area contributed by atoms with Crippen LogP contribution >= 0.6 is 0 Å². The van der Waals surface area contributed by atoms with E-state index in [2.05, 4.69) is 29.2 Å². The molecular formula is C20H27NO3. The fourth-order valence-corrected chi connectivity index (χ4v) is 3.25. The number of nitrogens with zero attached hydrogens (tertiary/aromatic N) is 1. The van der Waals surface area contributed by atoms with Gasteiger partial charge in [0.2, 0.25) is 0 Å². The summed E-state index contributed by atoms with van der Waals surface area (Å²) in [5.41, 5.74) is 2.45. The van der Waals surface area contributed by atoms with Crippen molar-refractivity contribution in [3.05, 3.63) is 47.7 Å². The van der Waals surface area contributed by atoms with Gasteiger partial charge in [-0.2, -0.15) is 0 Å². The second kappa shape index (κ2) is 8.47. The topological polar surface area (TPSA) is 34.8 Å². The van der Waals surface area contributed by atoms with Crippen LogP contribution in [0.3, 0.4) is 0 Å². The van der Waals surface area contributed by atoms with Gasteiger partial charge in [-0.15, -0.1) is 0 Å². The van der Waals surface area contributed by atoms with Crippen molar-refractivity contribution < 1.29 is 13.9 Å². The highest BCUT2D eigenvalue weighted by Gasteiger charge is 2.20. The lowest BCUT2D eigenvalue weighted by molar-refractivity contribution is 0.0588. The van der Waals surface area contributed by atoms with Crippen molar-refractivity contribution in [3.63, 3.8) is 0 Å². The molecule has 3 rings (SSSR count). The van der Waals surface area contributed by atoms with Crippen LogP contribution in [0.25, 0.3) is 11.3 Å². The van der Waals surface area contributed by atoms with Crippen LogP contribution in [0.5, 0.6) is 0 Å². The standard InChI is InChI=1S/C20H27NO3/c1-16-9-10-20(24-16)19-8-4-3-6-17(19)14-21(11-13-22-2)15-18-7-5-12-23-18/h3-4,6,8-10,18H,5,7,11-15H2,1-2H3/t18-/m0/s1. The van der Waals surface area contributed by atoms with E-state index in [4.69, 9.17) is 13.9 Å². The molecular weight excluding hydrogens is 302 g/mol. The summed E-state index contributed by atoms with van der Waals surface area (Å²) in [5, 5.41) is 0. The summed E-state index contributed by atoms with van der Waals surface area (Å²) in [5.74, 6) is 1.88. The molecule has 1 atom stereocenters. The minimum Gasteiger partial charge on any atom is -0.461 e. The molecule has 1 aromatic heterocycles. The smallest absolute Gasteiger partial charge is 0.134 e. The molecule has 1 aliphatic heterocycles. The predicted molar refractivity (Wildman–Crippen MR) is 95.0 cm³/mol. The normalized spacial score (nSPS) is 17.7. The molecule has 0 saturated carbocycles. The predicted octanol–water partition coefficient (Wildman–Crippen LogP) is 3.88. The van der Waals surface area contributed by atoms with Crippen LogP contribution in [0.2, 0.25) is 0 Å². The van der Waals surface area contributed by atoms with Crippen LogP contribution in [0.1, 0.15) is 24.2 Å². The number of hydrogen-bond donors (Lipinski definition) is 0. The lowest BCUT2D eigenvalue weighted by Crippen LogP contribution is -2.34. The van der Waals surface area contributed by atoms with Gasteiger partial charge >= 0.3 is 0 Å². The van der Waals surface area contributed by atoms with Crippen molar-refractivity contribution in [1.82, 2.24) is 4.90 Å². The molecule has 0 radical (unpaired) electrons. The lowest BCUT2D eigenvalue weighted by Gasteiger charge is -2.25. The summed E-state index contributed by atoms with van der Waals surface area (Å²) in [7, 11) is 1.75. The fourth-order valence-electron chi connectivity index (χ4n) is 3.25. The Kier molecular flexibility index (Phi) is 6.07. The highest BCUT2D eigenvalue weighted by Crippen LogP contribution is 2.27. The molecule has 0 aliphatic carbocycles. The molecule has 0 unspecified atom stereocenters. The van der Waals surface area contributed by atoms with Gasteiger partial charge in [0.25, 0.3) is 0 Å². The molecule has 2 heterocycles. The van der Waals surface area contributed by atoms with Crippen LogP contribution < -0.4 is 0 Å². The van der Waals surface area contributed by atoms with Gasteiger partial charge in [-0.05, 0) is 37.5 Å². The minimum absolute atomic E-state index is 0.347. The zero-order valence-electron chi connectivity index (χ0n) is 14.7. The Balaban J connectivity index is 1.75. The molecule has 0 spiro atoms. The molecule has 24 heavy (non-hydrogen) atoms. The number of ether oxygens (including phenoxy) is 2. The summed E-state index contributed by atoms with van der Waals surface area (Å²) in [6, 6.07) is 12.5. The SMILES string of the molecule is COCCN(Cc1ccccc1-c1ccc(C)o1)C[C@@H]1CCCO1. The molecule has 1 aromatic carbocycles. The third-order valence-electron chi connectivity index (χ3n) is 4.51. The number of methoxy groups -OCH3 is 1. The van der Waals surface area contributed by atoms with E-state index in [9.17, 15) is 0 Å². The lowest BCUT2D eigenvalue weighted by atomic mass is 10.0. The van der Waals surface area contributed by atoms with Crippen LogP contribution in [0, 0.1) is 6.92 Å². The molecule has 4 heteroatoms. The van der Waals surface area contributed by atoms with Gasteiger partial charge in [0.1, 0.15) is 11.5 Å². The van der Waals surface area contributed by atoms with Crippen LogP contribution in [-0.4, -0.2) is 44.4 Å².